The zero-order valence-electron chi connectivity index (χ0n) is 15.0. The van der Waals surface area contributed by atoms with Crippen LogP contribution in [0.1, 0.15) is 5.69 Å². The van der Waals surface area contributed by atoms with Gasteiger partial charge in [0.25, 0.3) is 10.0 Å². The number of rotatable bonds is 6. The van der Waals surface area contributed by atoms with Crippen LogP contribution < -0.4 is 9.46 Å². The average Bonchev–Trinajstić information content (AvgIpc) is 3.35. The molecule has 0 saturated carbocycles. The molecule has 4 aromatic rings. The highest BCUT2D eigenvalue weighted by Gasteiger charge is 2.19. The molecule has 0 unspecified atom stereocenters. The molecule has 0 atom stereocenters. The van der Waals surface area contributed by atoms with E-state index in [0.29, 0.717) is 5.75 Å². The molecular formula is C19H14FN3O3S3. The molecule has 0 amide bonds. The summed E-state index contributed by atoms with van der Waals surface area (Å²) in [6, 6.07) is 12.6. The Kier molecular flexibility index (Phi) is 5.31. The summed E-state index contributed by atoms with van der Waals surface area (Å²) < 4.78 is 51.8. The maximum atomic E-state index is 14.6. The molecule has 148 valence electrons. The van der Waals surface area contributed by atoms with Crippen LogP contribution in [0.25, 0.3) is 10.4 Å². The third-order valence-corrected chi connectivity index (χ3v) is 6.94. The van der Waals surface area contributed by atoms with E-state index >= 15 is 0 Å². The highest BCUT2D eigenvalue weighted by atomic mass is 32.2. The van der Waals surface area contributed by atoms with Crippen LogP contribution in [0.5, 0.6) is 11.5 Å². The summed E-state index contributed by atoms with van der Waals surface area (Å²) in [4.78, 5) is 4.54. The van der Waals surface area contributed by atoms with Crippen molar-refractivity contribution in [3.63, 3.8) is 0 Å². The molecule has 10 heteroatoms. The van der Waals surface area contributed by atoms with Gasteiger partial charge < -0.3 is 4.74 Å². The third-order valence-electron chi connectivity index (χ3n) is 3.87. The second-order valence-electron chi connectivity index (χ2n) is 5.97. The van der Waals surface area contributed by atoms with Gasteiger partial charge in [-0.1, -0.05) is 12.1 Å². The number of hydrogen-bond donors (Lipinski definition) is 1. The SMILES string of the molecule is Cc1cc(-c2ccccc2Oc2ccc(S(=O)(=O)Nc3nccs3)cc2F)sn1. The van der Waals surface area contributed by atoms with E-state index in [0.717, 1.165) is 33.5 Å². The van der Waals surface area contributed by atoms with Crippen LogP contribution in [-0.2, 0) is 10.0 Å². The quantitative estimate of drug-likeness (QED) is 0.433. The minimum atomic E-state index is -3.95. The number of anilines is 1. The van der Waals surface area contributed by atoms with Gasteiger partial charge in [-0.05, 0) is 54.9 Å². The standard InChI is InChI=1S/C19H14FN3O3S3/c1-12-10-18(28-22-12)14-4-2-3-5-16(14)26-17-7-6-13(11-15(17)20)29(24,25)23-19-21-8-9-27-19/h2-11H,1H3,(H,21,23). The van der Waals surface area contributed by atoms with E-state index in [1.54, 1.807) is 17.5 Å². The highest BCUT2D eigenvalue weighted by Crippen LogP contribution is 2.36. The average molecular weight is 448 g/mol. The maximum Gasteiger partial charge on any atom is 0.263 e. The molecule has 2 aromatic carbocycles. The second-order valence-corrected chi connectivity index (χ2v) is 9.35. The van der Waals surface area contributed by atoms with E-state index in [9.17, 15) is 12.8 Å². The Morgan fingerprint density at radius 2 is 1.93 bits per heavy atom. The van der Waals surface area contributed by atoms with E-state index in [-0.39, 0.29) is 15.8 Å². The number of halogens is 1. The van der Waals surface area contributed by atoms with E-state index < -0.39 is 15.8 Å². The molecule has 0 spiro atoms. The van der Waals surface area contributed by atoms with Gasteiger partial charge >= 0.3 is 0 Å². The first-order chi connectivity index (χ1) is 13.9. The first-order valence-corrected chi connectivity index (χ1v) is 11.5. The Hall–Kier alpha value is -2.82. The number of aromatic nitrogens is 2. The van der Waals surface area contributed by atoms with E-state index in [1.165, 1.54) is 29.9 Å². The molecule has 29 heavy (non-hydrogen) atoms. The van der Waals surface area contributed by atoms with Gasteiger partial charge in [0.05, 0.1) is 15.5 Å². The zero-order chi connectivity index (χ0) is 20.4. The summed E-state index contributed by atoms with van der Waals surface area (Å²) in [5.74, 6) is -0.416. The number of aryl methyl sites for hydroxylation is 1. The molecule has 0 radical (unpaired) electrons. The van der Waals surface area contributed by atoms with Crippen LogP contribution in [0.15, 0.2) is 65.0 Å². The smallest absolute Gasteiger partial charge is 0.263 e. The first-order valence-electron chi connectivity index (χ1n) is 8.35. The predicted octanol–water partition coefficient (Wildman–Crippen LogP) is 5.31. The summed E-state index contributed by atoms with van der Waals surface area (Å²) in [6.45, 7) is 1.89. The van der Waals surface area contributed by atoms with Gasteiger partial charge in [-0.2, -0.15) is 4.37 Å². The van der Waals surface area contributed by atoms with Crippen molar-refractivity contribution in [1.82, 2.24) is 9.36 Å². The van der Waals surface area contributed by atoms with Crippen molar-refractivity contribution >= 4 is 38.0 Å². The van der Waals surface area contributed by atoms with Crippen LogP contribution >= 0.6 is 22.9 Å². The van der Waals surface area contributed by atoms with Crippen molar-refractivity contribution in [1.29, 1.82) is 0 Å². The van der Waals surface area contributed by atoms with Gasteiger partial charge in [0.2, 0.25) is 0 Å². The van der Waals surface area contributed by atoms with E-state index in [4.69, 9.17) is 4.74 Å². The molecular weight excluding hydrogens is 433 g/mol. The van der Waals surface area contributed by atoms with E-state index in [2.05, 4.69) is 14.1 Å². The van der Waals surface area contributed by atoms with Gasteiger partial charge in [-0.15, -0.1) is 11.3 Å². The molecule has 0 fully saturated rings. The van der Waals surface area contributed by atoms with E-state index in [1.807, 2.05) is 25.1 Å². The molecule has 6 nitrogen and oxygen atoms in total. The number of thiazole rings is 1. The Labute approximate surface area is 174 Å². The van der Waals surface area contributed by atoms with Crippen molar-refractivity contribution < 1.29 is 17.5 Å². The van der Waals surface area contributed by atoms with Gasteiger partial charge in [0, 0.05) is 17.1 Å². The van der Waals surface area contributed by atoms with Crippen molar-refractivity contribution in [3.05, 3.63) is 71.6 Å². The molecule has 4 rings (SSSR count). The zero-order valence-corrected chi connectivity index (χ0v) is 17.4. The van der Waals surface area contributed by atoms with Crippen LogP contribution in [0.4, 0.5) is 9.52 Å². The lowest BCUT2D eigenvalue weighted by Gasteiger charge is -2.12. The molecule has 0 saturated heterocycles. The molecule has 0 aliphatic rings. The number of hydrogen-bond acceptors (Lipinski definition) is 7. The Bertz CT molecular complexity index is 1250. The summed E-state index contributed by atoms with van der Waals surface area (Å²) >= 11 is 2.45. The number of benzene rings is 2. The van der Waals surface area contributed by atoms with Gasteiger partial charge in [0.15, 0.2) is 16.7 Å². The maximum absolute atomic E-state index is 14.6. The number of sulfonamides is 1. The Balaban J connectivity index is 1.62. The lowest BCUT2D eigenvalue weighted by molar-refractivity contribution is 0.442. The third kappa shape index (κ3) is 4.29. The van der Waals surface area contributed by atoms with Gasteiger partial charge in [0.1, 0.15) is 5.75 Å². The number of para-hydroxylation sites is 1. The molecule has 1 N–H and O–H groups in total. The largest absolute Gasteiger partial charge is 0.454 e. The van der Waals surface area contributed by atoms with Crippen molar-refractivity contribution in [2.45, 2.75) is 11.8 Å². The van der Waals surface area contributed by atoms with Crippen LogP contribution in [0.3, 0.4) is 0 Å². The molecule has 0 aliphatic carbocycles. The molecule has 0 bridgehead atoms. The summed E-state index contributed by atoms with van der Waals surface area (Å²) in [5.41, 5.74) is 1.66. The van der Waals surface area contributed by atoms with Gasteiger partial charge in [-0.3, -0.25) is 4.72 Å². The van der Waals surface area contributed by atoms with Crippen molar-refractivity contribution in [2.75, 3.05) is 4.72 Å². The van der Waals surface area contributed by atoms with Crippen molar-refractivity contribution in [2.24, 2.45) is 0 Å². The Morgan fingerprint density at radius 3 is 2.62 bits per heavy atom. The lowest BCUT2D eigenvalue weighted by Crippen LogP contribution is -2.13. The normalized spacial score (nSPS) is 11.4. The lowest BCUT2D eigenvalue weighted by atomic mass is 10.1. The summed E-state index contributed by atoms with van der Waals surface area (Å²) in [7, 11) is -3.95. The van der Waals surface area contributed by atoms with Crippen LogP contribution in [0, 0.1) is 12.7 Å². The number of ether oxygens (including phenoxy) is 1. The minimum absolute atomic E-state index is 0.0770. The topological polar surface area (TPSA) is 81.2 Å². The monoisotopic (exact) mass is 447 g/mol. The molecule has 2 heterocycles. The highest BCUT2D eigenvalue weighted by molar-refractivity contribution is 7.93. The van der Waals surface area contributed by atoms with Gasteiger partial charge in [-0.25, -0.2) is 17.8 Å². The first kappa shape index (κ1) is 19.5. The van der Waals surface area contributed by atoms with Crippen LogP contribution in [-0.4, -0.2) is 17.8 Å². The Morgan fingerprint density at radius 1 is 1.10 bits per heavy atom. The second kappa shape index (κ2) is 7.90. The number of nitrogens with zero attached hydrogens (tertiary/aromatic N) is 2. The fourth-order valence-electron chi connectivity index (χ4n) is 2.55. The number of nitrogens with one attached hydrogen (secondary N) is 1. The molecule has 0 aliphatic heterocycles. The summed E-state index contributed by atoms with van der Waals surface area (Å²) in [6.07, 6.45) is 1.47. The fraction of sp³-hybridized carbons (Fsp3) is 0.0526. The van der Waals surface area contributed by atoms with Crippen molar-refractivity contribution in [3.8, 4) is 21.9 Å². The minimum Gasteiger partial charge on any atom is -0.454 e. The van der Waals surface area contributed by atoms with Crippen LogP contribution in [0.2, 0.25) is 0 Å². The molecule has 2 aromatic heterocycles. The fourth-order valence-corrected chi connectivity index (χ4v) is 5.13. The predicted molar refractivity (Wildman–Crippen MR) is 112 cm³/mol. The summed E-state index contributed by atoms with van der Waals surface area (Å²) in [5, 5.41) is 1.84.